The van der Waals surface area contributed by atoms with Gasteiger partial charge in [-0.2, -0.15) is 0 Å². The fraction of sp³-hybridized carbons (Fsp3) is 0.364. The quantitative estimate of drug-likeness (QED) is 0.616. The zero-order valence-electron chi connectivity index (χ0n) is 7.65. The van der Waals surface area contributed by atoms with Crippen LogP contribution in [-0.4, -0.2) is 5.78 Å². The van der Waals surface area contributed by atoms with E-state index in [2.05, 4.69) is 0 Å². The number of benzene rings is 1. The topological polar surface area (TPSA) is 17.1 Å². The van der Waals surface area contributed by atoms with Crippen LogP contribution in [0.5, 0.6) is 0 Å². The van der Waals surface area contributed by atoms with E-state index in [9.17, 15) is 4.79 Å². The van der Waals surface area contributed by atoms with E-state index >= 15 is 0 Å². The standard InChI is InChI=1S/C11H10Cl2O/c12-8-5-6-9(13)11-7(8)3-1-2-4-10(11)14/h5-6H,1-4H2. The molecule has 0 bridgehead atoms. The molecule has 0 saturated heterocycles. The molecule has 0 unspecified atom stereocenters. The van der Waals surface area contributed by atoms with Gasteiger partial charge in [-0.1, -0.05) is 23.2 Å². The first-order valence-corrected chi connectivity index (χ1v) is 5.46. The predicted octanol–water partition coefficient (Wildman–Crippen LogP) is 3.90. The van der Waals surface area contributed by atoms with E-state index in [1.165, 1.54) is 0 Å². The molecular formula is C11H10Cl2O. The summed E-state index contributed by atoms with van der Waals surface area (Å²) in [5.74, 6) is 0.130. The predicted molar refractivity (Wildman–Crippen MR) is 58.3 cm³/mol. The highest BCUT2D eigenvalue weighted by Crippen LogP contribution is 2.32. The van der Waals surface area contributed by atoms with Crippen LogP contribution < -0.4 is 0 Å². The van der Waals surface area contributed by atoms with Crippen LogP contribution in [0.15, 0.2) is 12.1 Å². The van der Waals surface area contributed by atoms with Gasteiger partial charge in [0, 0.05) is 17.0 Å². The van der Waals surface area contributed by atoms with Crippen LogP contribution in [0.25, 0.3) is 0 Å². The van der Waals surface area contributed by atoms with Gasteiger partial charge in [0.2, 0.25) is 0 Å². The molecule has 0 N–H and O–H groups in total. The smallest absolute Gasteiger partial charge is 0.164 e. The number of carbonyl (C=O) groups is 1. The number of Topliss-reactive ketones (excluding diaryl/α,β-unsaturated/α-hetero) is 1. The molecule has 1 nitrogen and oxygen atoms in total. The molecule has 2 rings (SSSR count). The number of rotatable bonds is 0. The first-order valence-electron chi connectivity index (χ1n) is 4.70. The Balaban J connectivity index is 2.62. The fourth-order valence-corrected chi connectivity index (χ4v) is 2.39. The lowest BCUT2D eigenvalue weighted by Gasteiger charge is -2.08. The average molecular weight is 229 g/mol. The molecule has 0 spiro atoms. The minimum Gasteiger partial charge on any atom is -0.294 e. The van der Waals surface area contributed by atoms with Gasteiger partial charge in [0.1, 0.15) is 0 Å². The second-order valence-corrected chi connectivity index (χ2v) is 4.33. The first kappa shape index (κ1) is 10.0. The first-order chi connectivity index (χ1) is 6.70. The van der Waals surface area contributed by atoms with Crippen molar-refractivity contribution in [2.45, 2.75) is 25.7 Å². The number of halogens is 2. The third kappa shape index (κ3) is 1.67. The van der Waals surface area contributed by atoms with Crippen LogP contribution in [0, 0.1) is 0 Å². The SMILES string of the molecule is O=C1CCCCc2c(Cl)ccc(Cl)c21. The van der Waals surface area contributed by atoms with Crippen LogP contribution in [0.1, 0.15) is 35.2 Å². The number of ketones is 1. The molecular weight excluding hydrogens is 219 g/mol. The van der Waals surface area contributed by atoms with E-state index in [4.69, 9.17) is 23.2 Å². The Bertz CT molecular complexity index is 385. The summed E-state index contributed by atoms with van der Waals surface area (Å²) in [7, 11) is 0. The molecule has 0 fully saturated rings. The van der Waals surface area contributed by atoms with E-state index in [0.717, 1.165) is 24.8 Å². The summed E-state index contributed by atoms with van der Waals surface area (Å²) in [5.41, 5.74) is 1.58. The maximum absolute atomic E-state index is 11.7. The van der Waals surface area contributed by atoms with Crippen LogP contribution >= 0.6 is 23.2 Å². The van der Waals surface area contributed by atoms with E-state index in [-0.39, 0.29) is 5.78 Å². The van der Waals surface area contributed by atoms with E-state index < -0.39 is 0 Å². The maximum atomic E-state index is 11.7. The number of carbonyl (C=O) groups excluding carboxylic acids is 1. The largest absolute Gasteiger partial charge is 0.294 e. The lowest BCUT2D eigenvalue weighted by molar-refractivity contribution is 0.0982. The minimum atomic E-state index is 0.130. The summed E-state index contributed by atoms with van der Waals surface area (Å²) >= 11 is 12.0. The van der Waals surface area contributed by atoms with Crippen molar-refractivity contribution in [3.05, 3.63) is 33.3 Å². The highest BCUT2D eigenvalue weighted by Gasteiger charge is 2.20. The monoisotopic (exact) mass is 228 g/mol. The van der Waals surface area contributed by atoms with Crippen molar-refractivity contribution in [1.29, 1.82) is 0 Å². The summed E-state index contributed by atoms with van der Waals surface area (Å²) in [4.78, 5) is 11.7. The Morgan fingerprint density at radius 1 is 1.00 bits per heavy atom. The van der Waals surface area contributed by atoms with Gasteiger partial charge in [-0.15, -0.1) is 0 Å². The Labute approximate surface area is 93.0 Å². The molecule has 3 heteroatoms. The fourth-order valence-electron chi connectivity index (χ4n) is 1.85. The summed E-state index contributed by atoms with van der Waals surface area (Å²) in [5, 5.41) is 1.20. The van der Waals surface area contributed by atoms with Crippen LogP contribution in [-0.2, 0) is 6.42 Å². The van der Waals surface area contributed by atoms with Gasteiger partial charge in [-0.05, 0) is 37.0 Å². The van der Waals surface area contributed by atoms with Crippen LogP contribution in [0.3, 0.4) is 0 Å². The summed E-state index contributed by atoms with van der Waals surface area (Å²) < 4.78 is 0. The highest BCUT2D eigenvalue weighted by atomic mass is 35.5. The van der Waals surface area contributed by atoms with Crippen LogP contribution in [0.4, 0.5) is 0 Å². The third-order valence-electron chi connectivity index (χ3n) is 2.56. The van der Waals surface area contributed by atoms with Crippen molar-refractivity contribution >= 4 is 29.0 Å². The van der Waals surface area contributed by atoms with E-state index in [0.29, 0.717) is 22.0 Å². The second-order valence-electron chi connectivity index (χ2n) is 3.51. The molecule has 74 valence electrons. The van der Waals surface area contributed by atoms with Gasteiger partial charge in [-0.3, -0.25) is 4.79 Å². The highest BCUT2D eigenvalue weighted by molar-refractivity contribution is 6.36. The van der Waals surface area contributed by atoms with E-state index in [1.807, 2.05) is 0 Å². The maximum Gasteiger partial charge on any atom is 0.164 e. The molecule has 1 aliphatic rings. The molecule has 0 heterocycles. The molecule has 0 amide bonds. The molecule has 1 aliphatic carbocycles. The molecule has 14 heavy (non-hydrogen) atoms. The van der Waals surface area contributed by atoms with Gasteiger partial charge in [0.05, 0.1) is 5.02 Å². The Hall–Kier alpha value is -0.530. The molecule has 0 atom stereocenters. The van der Waals surface area contributed by atoms with Crippen LogP contribution in [0.2, 0.25) is 10.0 Å². The van der Waals surface area contributed by atoms with Crippen molar-refractivity contribution in [2.75, 3.05) is 0 Å². The summed E-state index contributed by atoms with van der Waals surface area (Å²) in [6.45, 7) is 0. The van der Waals surface area contributed by atoms with Crippen molar-refractivity contribution < 1.29 is 4.79 Å². The van der Waals surface area contributed by atoms with Gasteiger partial charge in [-0.25, -0.2) is 0 Å². The molecule has 1 aromatic rings. The normalized spacial score (nSPS) is 16.3. The van der Waals surface area contributed by atoms with Gasteiger partial charge >= 0.3 is 0 Å². The molecule has 0 aliphatic heterocycles. The number of fused-ring (bicyclic) bond motifs is 1. The van der Waals surface area contributed by atoms with Crippen molar-refractivity contribution in [3.63, 3.8) is 0 Å². The van der Waals surface area contributed by atoms with Crippen molar-refractivity contribution in [3.8, 4) is 0 Å². The number of hydrogen-bond acceptors (Lipinski definition) is 1. The van der Waals surface area contributed by atoms with Crippen molar-refractivity contribution in [1.82, 2.24) is 0 Å². The van der Waals surface area contributed by atoms with Gasteiger partial charge in [0.25, 0.3) is 0 Å². The zero-order valence-corrected chi connectivity index (χ0v) is 9.16. The second kappa shape index (κ2) is 3.92. The molecule has 1 aromatic carbocycles. The molecule has 0 radical (unpaired) electrons. The lowest BCUT2D eigenvalue weighted by Crippen LogP contribution is -2.01. The van der Waals surface area contributed by atoms with Gasteiger partial charge in [0.15, 0.2) is 5.78 Å². The van der Waals surface area contributed by atoms with E-state index in [1.54, 1.807) is 12.1 Å². The van der Waals surface area contributed by atoms with Crippen molar-refractivity contribution in [2.24, 2.45) is 0 Å². The Morgan fingerprint density at radius 3 is 2.43 bits per heavy atom. The molecule has 0 aromatic heterocycles. The lowest BCUT2D eigenvalue weighted by atomic mass is 10.0. The average Bonchev–Trinajstić information content (AvgIpc) is 2.35. The minimum absolute atomic E-state index is 0.130. The van der Waals surface area contributed by atoms with Gasteiger partial charge < -0.3 is 0 Å². The Kier molecular flexibility index (Phi) is 2.80. The summed E-state index contributed by atoms with van der Waals surface area (Å²) in [6.07, 6.45) is 3.40. The number of hydrogen-bond donors (Lipinski definition) is 0. The molecule has 0 saturated carbocycles. The summed E-state index contributed by atoms with van der Waals surface area (Å²) in [6, 6.07) is 3.47. The zero-order chi connectivity index (χ0) is 10.1. The third-order valence-corrected chi connectivity index (χ3v) is 3.23. The Morgan fingerprint density at radius 2 is 1.64 bits per heavy atom.